The average Bonchev–Trinajstić information content (AvgIpc) is 3.04. The first kappa shape index (κ1) is 15.8. The Bertz CT molecular complexity index is 678. The topological polar surface area (TPSA) is 93.3 Å². The molecule has 3 N–H and O–H groups in total. The Hall–Kier alpha value is -2.54. The first-order valence-electron chi connectivity index (χ1n) is 6.84. The Morgan fingerprint density at radius 1 is 1.55 bits per heavy atom. The van der Waals surface area contributed by atoms with Gasteiger partial charge in [0, 0.05) is 36.1 Å². The quantitative estimate of drug-likeness (QED) is 0.800. The lowest BCUT2D eigenvalue weighted by Gasteiger charge is -1.99. The molecule has 2 heterocycles. The Morgan fingerprint density at radius 3 is 3.09 bits per heavy atom. The van der Waals surface area contributed by atoms with Gasteiger partial charge < -0.3 is 11.1 Å². The van der Waals surface area contributed by atoms with Crippen LogP contribution in [0, 0.1) is 0 Å². The highest BCUT2D eigenvalue weighted by Crippen LogP contribution is 2.19. The van der Waals surface area contributed by atoms with E-state index >= 15 is 0 Å². The van der Waals surface area contributed by atoms with Gasteiger partial charge in [0.25, 0.3) is 5.91 Å². The van der Waals surface area contributed by atoms with Crippen LogP contribution in [0.5, 0.6) is 0 Å². The lowest BCUT2D eigenvalue weighted by molar-refractivity contribution is 0.0949. The number of pyridine rings is 1. The highest BCUT2D eigenvalue weighted by molar-refractivity contribution is 7.11. The van der Waals surface area contributed by atoms with Gasteiger partial charge in [-0.05, 0) is 18.6 Å². The Labute approximate surface area is 132 Å². The second kappa shape index (κ2) is 8.04. The first-order valence-corrected chi connectivity index (χ1v) is 7.72. The van der Waals surface area contributed by atoms with Crippen molar-refractivity contribution in [2.45, 2.75) is 13.3 Å². The number of aliphatic imine (C=N–C) groups is 1. The molecule has 22 heavy (non-hydrogen) atoms. The highest BCUT2D eigenvalue weighted by atomic mass is 32.1. The number of carbonyl (C=O) groups excluding carboxylic acids is 1. The number of carbonyl (C=O) groups is 1. The van der Waals surface area contributed by atoms with Crippen molar-refractivity contribution in [1.82, 2.24) is 15.3 Å². The van der Waals surface area contributed by atoms with E-state index < -0.39 is 0 Å². The third kappa shape index (κ3) is 4.23. The van der Waals surface area contributed by atoms with Crippen LogP contribution < -0.4 is 11.1 Å². The van der Waals surface area contributed by atoms with Gasteiger partial charge in [0.1, 0.15) is 10.7 Å². The van der Waals surface area contributed by atoms with E-state index in [1.54, 1.807) is 30.1 Å². The number of hydrogen-bond donors (Lipinski definition) is 2. The van der Waals surface area contributed by atoms with Gasteiger partial charge in [-0.15, -0.1) is 11.3 Å². The van der Waals surface area contributed by atoms with E-state index in [1.165, 1.54) is 17.5 Å². The van der Waals surface area contributed by atoms with Crippen LogP contribution >= 0.6 is 11.3 Å². The third-order valence-corrected chi connectivity index (χ3v) is 3.59. The van der Waals surface area contributed by atoms with E-state index in [-0.39, 0.29) is 5.91 Å². The predicted molar refractivity (Wildman–Crippen MR) is 89.3 cm³/mol. The summed E-state index contributed by atoms with van der Waals surface area (Å²) in [5.41, 5.74) is 7.40. The molecule has 0 unspecified atom stereocenters. The van der Waals surface area contributed by atoms with Crippen molar-refractivity contribution in [2.75, 3.05) is 6.54 Å². The van der Waals surface area contributed by atoms with Crippen LogP contribution in [-0.2, 0) is 0 Å². The summed E-state index contributed by atoms with van der Waals surface area (Å²) in [7, 11) is 0. The van der Waals surface area contributed by atoms with E-state index in [2.05, 4.69) is 20.3 Å². The van der Waals surface area contributed by atoms with Gasteiger partial charge >= 0.3 is 0 Å². The third-order valence-electron chi connectivity index (χ3n) is 2.70. The SMILES string of the molecule is CCCNC(=O)c1csc(/C(C=Nc2cccnc2)=C/N)n1. The molecule has 0 spiro atoms. The number of hydrogen-bond acceptors (Lipinski definition) is 6. The molecule has 0 saturated heterocycles. The summed E-state index contributed by atoms with van der Waals surface area (Å²) < 4.78 is 0. The number of allylic oxidation sites excluding steroid dienone is 1. The molecule has 0 aliphatic heterocycles. The molecule has 0 radical (unpaired) electrons. The van der Waals surface area contributed by atoms with Crippen molar-refractivity contribution in [2.24, 2.45) is 10.7 Å². The van der Waals surface area contributed by atoms with Crippen LogP contribution in [0.2, 0.25) is 0 Å². The van der Waals surface area contributed by atoms with Gasteiger partial charge in [-0.25, -0.2) is 4.98 Å². The maximum absolute atomic E-state index is 11.8. The first-order chi connectivity index (χ1) is 10.7. The summed E-state index contributed by atoms with van der Waals surface area (Å²) in [4.78, 5) is 24.4. The van der Waals surface area contributed by atoms with Crippen LogP contribution in [0.3, 0.4) is 0 Å². The molecule has 7 heteroatoms. The molecule has 0 saturated carbocycles. The van der Waals surface area contributed by atoms with E-state index in [4.69, 9.17) is 5.73 Å². The lowest BCUT2D eigenvalue weighted by atomic mass is 10.3. The summed E-state index contributed by atoms with van der Waals surface area (Å²) >= 11 is 1.35. The fraction of sp³-hybridized carbons (Fsp3) is 0.200. The largest absolute Gasteiger partial charge is 0.404 e. The molecule has 0 aliphatic carbocycles. The fourth-order valence-corrected chi connectivity index (χ4v) is 2.37. The molecule has 114 valence electrons. The van der Waals surface area contributed by atoms with Gasteiger partial charge in [-0.3, -0.25) is 14.8 Å². The molecule has 0 aromatic carbocycles. The molecule has 0 fully saturated rings. The van der Waals surface area contributed by atoms with E-state index in [1.807, 2.05) is 13.0 Å². The second-order valence-corrected chi connectivity index (χ2v) is 5.24. The zero-order valence-electron chi connectivity index (χ0n) is 12.2. The van der Waals surface area contributed by atoms with E-state index in [9.17, 15) is 4.79 Å². The monoisotopic (exact) mass is 315 g/mol. The van der Waals surface area contributed by atoms with Crippen molar-refractivity contribution >= 4 is 34.7 Å². The molecule has 0 atom stereocenters. The van der Waals surface area contributed by atoms with Crippen molar-refractivity contribution in [1.29, 1.82) is 0 Å². The van der Waals surface area contributed by atoms with E-state index in [0.29, 0.717) is 22.8 Å². The molecule has 0 aliphatic rings. The Balaban J connectivity index is 2.11. The second-order valence-electron chi connectivity index (χ2n) is 4.39. The molecule has 0 bridgehead atoms. The highest BCUT2D eigenvalue weighted by Gasteiger charge is 2.11. The minimum atomic E-state index is -0.176. The standard InChI is InChI=1S/C15H17N5OS/c1-2-5-18-14(21)13-10-22-15(20-13)11(7-16)8-19-12-4-3-6-17-9-12/h3-4,6-10H,2,5,16H2,1H3,(H,18,21)/b11-7+,19-8?. The van der Waals surface area contributed by atoms with Crippen molar-refractivity contribution in [3.63, 3.8) is 0 Å². The molecule has 6 nitrogen and oxygen atoms in total. The van der Waals surface area contributed by atoms with Gasteiger partial charge in [-0.2, -0.15) is 0 Å². The number of nitrogens with two attached hydrogens (primary N) is 1. The summed E-state index contributed by atoms with van der Waals surface area (Å²) in [6.07, 6.45) is 7.25. The Morgan fingerprint density at radius 2 is 2.41 bits per heavy atom. The van der Waals surface area contributed by atoms with Crippen molar-refractivity contribution < 1.29 is 4.79 Å². The van der Waals surface area contributed by atoms with Gasteiger partial charge in [-0.1, -0.05) is 6.92 Å². The Kier molecular flexibility index (Phi) is 5.79. The van der Waals surface area contributed by atoms with Crippen LogP contribution in [-0.4, -0.2) is 28.6 Å². The zero-order chi connectivity index (χ0) is 15.8. The van der Waals surface area contributed by atoms with Crippen LogP contribution in [0.15, 0.2) is 41.1 Å². The summed E-state index contributed by atoms with van der Waals surface area (Å²) in [5.74, 6) is -0.176. The molecule has 2 aromatic heterocycles. The van der Waals surface area contributed by atoms with Crippen LogP contribution in [0.25, 0.3) is 5.57 Å². The number of nitrogens with one attached hydrogen (secondary N) is 1. The molecule has 2 rings (SSSR count). The summed E-state index contributed by atoms with van der Waals surface area (Å²) in [6.45, 7) is 2.63. The summed E-state index contributed by atoms with van der Waals surface area (Å²) in [6, 6.07) is 3.64. The minimum Gasteiger partial charge on any atom is -0.404 e. The summed E-state index contributed by atoms with van der Waals surface area (Å²) in [5, 5.41) is 5.15. The number of amides is 1. The lowest BCUT2D eigenvalue weighted by Crippen LogP contribution is -2.24. The number of aromatic nitrogens is 2. The fourth-order valence-electron chi connectivity index (χ4n) is 1.58. The molecule has 1 amide bonds. The van der Waals surface area contributed by atoms with Gasteiger partial charge in [0.05, 0.1) is 11.9 Å². The maximum Gasteiger partial charge on any atom is 0.270 e. The van der Waals surface area contributed by atoms with Crippen LogP contribution in [0.4, 0.5) is 5.69 Å². The number of nitrogens with zero attached hydrogens (tertiary/aromatic N) is 3. The van der Waals surface area contributed by atoms with Crippen LogP contribution in [0.1, 0.15) is 28.8 Å². The zero-order valence-corrected chi connectivity index (χ0v) is 13.0. The number of rotatable bonds is 6. The minimum absolute atomic E-state index is 0.176. The smallest absolute Gasteiger partial charge is 0.270 e. The van der Waals surface area contributed by atoms with E-state index in [0.717, 1.165) is 12.1 Å². The normalized spacial score (nSPS) is 11.8. The maximum atomic E-state index is 11.8. The molecular formula is C15H17N5OS. The molecule has 2 aromatic rings. The number of thiazole rings is 1. The van der Waals surface area contributed by atoms with Gasteiger partial charge in [0.15, 0.2) is 0 Å². The van der Waals surface area contributed by atoms with Crippen molar-refractivity contribution in [3.05, 3.63) is 46.8 Å². The molecular weight excluding hydrogens is 298 g/mol. The predicted octanol–water partition coefficient (Wildman–Crippen LogP) is 2.38. The van der Waals surface area contributed by atoms with Gasteiger partial charge in [0.2, 0.25) is 0 Å². The van der Waals surface area contributed by atoms with Crippen molar-refractivity contribution in [3.8, 4) is 0 Å². The average molecular weight is 315 g/mol.